The van der Waals surface area contributed by atoms with E-state index in [0.717, 1.165) is 12.0 Å². The van der Waals surface area contributed by atoms with Crippen molar-refractivity contribution in [2.24, 2.45) is 0 Å². The van der Waals surface area contributed by atoms with Gasteiger partial charge in [-0.1, -0.05) is 60.7 Å². The normalized spacial score (nSPS) is 13.8. The van der Waals surface area contributed by atoms with Crippen LogP contribution in [0.5, 0.6) is 0 Å². The molecule has 0 aliphatic carbocycles. The fourth-order valence-corrected chi connectivity index (χ4v) is 3.58. The summed E-state index contributed by atoms with van der Waals surface area (Å²) in [7, 11) is 0. The zero-order valence-electron chi connectivity index (χ0n) is 16.6. The maximum atomic E-state index is 13.2. The van der Waals surface area contributed by atoms with E-state index in [1.54, 1.807) is 4.90 Å². The molecule has 30 heavy (non-hydrogen) atoms. The lowest BCUT2D eigenvalue weighted by Gasteiger charge is -2.36. The van der Waals surface area contributed by atoms with Crippen LogP contribution in [0, 0.1) is 0 Å². The molecule has 152 valence electrons. The molecule has 0 saturated carbocycles. The Morgan fingerprint density at radius 2 is 1.47 bits per heavy atom. The lowest BCUT2D eigenvalue weighted by molar-refractivity contribution is 0.192. The molecule has 3 aromatic carbocycles. The van der Waals surface area contributed by atoms with Crippen LogP contribution < -0.4 is 15.5 Å². The number of carbonyl (C=O) groups is 2. The van der Waals surface area contributed by atoms with Crippen LogP contribution in [-0.2, 0) is 6.54 Å². The number of amides is 4. The zero-order valence-corrected chi connectivity index (χ0v) is 16.6. The largest absolute Gasteiger partial charge is 0.324 e. The summed E-state index contributed by atoms with van der Waals surface area (Å²) in [5, 5.41) is 5.69. The van der Waals surface area contributed by atoms with Crippen molar-refractivity contribution in [1.29, 1.82) is 0 Å². The van der Waals surface area contributed by atoms with Gasteiger partial charge in [-0.25, -0.2) is 9.59 Å². The molecule has 1 heterocycles. The molecule has 4 amide bonds. The molecular weight excluding hydrogens is 376 g/mol. The van der Waals surface area contributed by atoms with Crippen LogP contribution in [-0.4, -0.2) is 30.1 Å². The molecule has 0 radical (unpaired) electrons. The second-order valence-corrected chi connectivity index (χ2v) is 7.16. The molecule has 6 heteroatoms. The monoisotopic (exact) mass is 400 g/mol. The number of benzene rings is 3. The van der Waals surface area contributed by atoms with E-state index in [-0.39, 0.29) is 12.1 Å². The van der Waals surface area contributed by atoms with Crippen LogP contribution in [0.4, 0.5) is 26.7 Å². The van der Waals surface area contributed by atoms with E-state index >= 15 is 0 Å². The molecule has 4 rings (SSSR count). The van der Waals surface area contributed by atoms with Gasteiger partial charge >= 0.3 is 12.1 Å². The highest BCUT2D eigenvalue weighted by atomic mass is 16.2. The zero-order chi connectivity index (χ0) is 20.8. The van der Waals surface area contributed by atoms with E-state index in [1.807, 2.05) is 89.8 Å². The molecule has 1 fully saturated rings. The van der Waals surface area contributed by atoms with Crippen LogP contribution >= 0.6 is 0 Å². The number of hydrogen-bond acceptors (Lipinski definition) is 2. The number of urea groups is 2. The predicted octanol–water partition coefficient (Wildman–Crippen LogP) is 5.16. The highest BCUT2D eigenvalue weighted by Gasteiger charge is 2.28. The molecule has 0 aromatic heterocycles. The molecule has 0 bridgehead atoms. The third-order valence-corrected chi connectivity index (χ3v) is 5.00. The van der Waals surface area contributed by atoms with Crippen LogP contribution in [0.25, 0.3) is 0 Å². The molecule has 2 N–H and O–H groups in total. The molecule has 1 aliphatic rings. The van der Waals surface area contributed by atoms with E-state index in [2.05, 4.69) is 10.6 Å². The van der Waals surface area contributed by atoms with E-state index in [4.69, 9.17) is 0 Å². The van der Waals surface area contributed by atoms with Crippen molar-refractivity contribution in [1.82, 2.24) is 4.90 Å². The van der Waals surface area contributed by atoms with Crippen LogP contribution in [0.3, 0.4) is 0 Å². The summed E-state index contributed by atoms with van der Waals surface area (Å²) in [6.45, 7) is 1.90. The standard InChI is InChI=1S/C24H24N4O2/c29-23(25-20-12-5-2-6-13-20)26-21-14-7-8-15-22(21)28-17-9-16-27(24(28)30)18-19-10-3-1-4-11-19/h1-8,10-15H,9,16-18H2,(H2,25,26,29). The minimum atomic E-state index is -0.348. The number of para-hydroxylation sites is 3. The van der Waals surface area contributed by atoms with Gasteiger partial charge in [0.2, 0.25) is 0 Å². The smallest absolute Gasteiger partial charge is 0.320 e. The number of anilines is 3. The summed E-state index contributed by atoms with van der Waals surface area (Å²) in [5.74, 6) is 0. The first kappa shape index (κ1) is 19.5. The fraction of sp³-hybridized carbons (Fsp3) is 0.167. The highest BCUT2D eigenvalue weighted by Crippen LogP contribution is 2.29. The summed E-state index contributed by atoms with van der Waals surface area (Å²) >= 11 is 0. The van der Waals surface area contributed by atoms with Crippen molar-refractivity contribution < 1.29 is 9.59 Å². The van der Waals surface area contributed by atoms with E-state index in [9.17, 15) is 9.59 Å². The molecule has 0 spiro atoms. The number of carbonyl (C=O) groups excluding carboxylic acids is 2. The van der Waals surface area contributed by atoms with Gasteiger partial charge < -0.3 is 15.5 Å². The Labute approximate surface area is 176 Å². The van der Waals surface area contributed by atoms with Gasteiger partial charge in [-0.3, -0.25) is 4.90 Å². The number of nitrogens with zero attached hydrogens (tertiary/aromatic N) is 2. The Hall–Kier alpha value is -3.80. The average Bonchev–Trinajstić information content (AvgIpc) is 2.77. The Morgan fingerprint density at radius 3 is 2.23 bits per heavy atom. The van der Waals surface area contributed by atoms with Crippen LogP contribution in [0.15, 0.2) is 84.9 Å². The van der Waals surface area contributed by atoms with Gasteiger partial charge in [0.1, 0.15) is 0 Å². The third-order valence-electron chi connectivity index (χ3n) is 5.00. The minimum absolute atomic E-state index is 0.0529. The van der Waals surface area contributed by atoms with Gasteiger partial charge in [-0.15, -0.1) is 0 Å². The van der Waals surface area contributed by atoms with Gasteiger partial charge in [-0.05, 0) is 36.2 Å². The topological polar surface area (TPSA) is 64.7 Å². The van der Waals surface area contributed by atoms with Gasteiger partial charge in [0.05, 0.1) is 11.4 Å². The summed E-state index contributed by atoms with van der Waals surface area (Å²) in [4.78, 5) is 29.2. The highest BCUT2D eigenvalue weighted by molar-refractivity contribution is 6.04. The van der Waals surface area contributed by atoms with Crippen molar-refractivity contribution in [3.8, 4) is 0 Å². The molecule has 6 nitrogen and oxygen atoms in total. The summed E-state index contributed by atoms with van der Waals surface area (Å²) in [6, 6.07) is 26.2. The van der Waals surface area contributed by atoms with Crippen molar-refractivity contribution >= 4 is 29.1 Å². The van der Waals surface area contributed by atoms with E-state index < -0.39 is 0 Å². The van der Waals surface area contributed by atoms with E-state index in [0.29, 0.717) is 36.7 Å². The van der Waals surface area contributed by atoms with Crippen LogP contribution in [0.1, 0.15) is 12.0 Å². The van der Waals surface area contributed by atoms with Gasteiger partial charge in [0, 0.05) is 25.3 Å². The second-order valence-electron chi connectivity index (χ2n) is 7.16. The Balaban J connectivity index is 1.49. The quantitative estimate of drug-likeness (QED) is 0.621. The fourth-order valence-electron chi connectivity index (χ4n) is 3.58. The maximum absolute atomic E-state index is 13.2. The SMILES string of the molecule is O=C(Nc1ccccc1)Nc1ccccc1N1CCCN(Cc2ccccc2)C1=O. The minimum Gasteiger partial charge on any atom is -0.320 e. The Morgan fingerprint density at radius 1 is 0.800 bits per heavy atom. The first-order valence-electron chi connectivity index (χ1n) is 10.0. The van der Waals surface area contributed by atoms with Crippen LogP contribution in [0.2, 0.25) is 0 Å². The molecule has 1 aliphatic heterocycles. The van der Waals surface area contributed by atoms with E-state index in [1.165, 1.54) is 0 Å². The Bertz CT molecular complexity index is 1010. The van der Waals surface area contributed by atoms with Gasteiger partial charge in [0.15, 0.2) is 0 Å². The van der Waals surface area contributed by atoms with Gasteiger partial charge in [-0.2, -0.15) is 0 Å². The molecular formula is C24H24N4O2. The first-order valence-corrected chi connectivity index (χ1v) is 10.0. The average molecular weight is 400 g/mol. The number of hydrogen-bond donors (Lipinski definition) is 2. The summed E-state index contributed by atoms with van der Waals surface area (Å²) in [6.07, 6.45) is 0.864. The van der Waals surface area contributed by atoms with Gasteiger partial charge in [0.25, 0.3) is 0 Å². The molecule has 0 unspecified atom stereocenters. The lowest BCUT2D eigenvalue weighted by atomic mass is 10.1. The van der Waals surface area contributed by atoms with Crippen molar-refractivity contribution in [2.45, 2.75) is 13.0 Å². The predicted molar refractivity (Wildman–Crippen MR) is 120 cm³/mol. The van der Waals surface area contributed by atoms with Crippen molar-refractivity contribution in [3.63, 3.8) is 0 Å². The molecule has 0 atom stereocenters. The lowest BCUT2D eigenvalue weighted by Crippen LogP contribution is -2.49. The molecule has 3 aromatic rings. The third kappa shape index (κ3) is 4.60. The number of nitrogens with one attached hydrogen (secondary N) is 2. The maximum Gasteiger partial charge on any atom is 0.324 e. The molecule has 1 saturated heterocycles. The summed E-state index contributed by atoms with van der Waals surface area (Å²) < 4.78 is 0. The van der Waals surface area contributed by atoms with Crippen molar-refractivity contribution in [2.75, 3.05) is 28.6 Å². The second kappa shape index (κ2) is 9.13. The Kier molecular flexibility index (Phi) is 5.94. The van der Waals surface area contributed by atoms with Crippen molar-refractivity contribution in [3.05, 3.63) is 90.5 Å². The number of rotatable bonds is 5. The first-order chi connectivity index (χ1) is 14.7. The summed E-state index contributed by atoms with van der Waals surface area (Å²) in [5.41, 5.74) is 3.10.